The number of benzene rings is 1. The van der Waals surface area contributed by atoms with Gasteiger partial charge in [-0.25, -0.2) is 0 Å². The Balaban J connectivity index is 2.27. The summed E-state index contributed by atoms with van der Waals surface area (Å²) in [6.45, 7) is 1.67. The molecule has 1 aromatic carbocycles. The molecule has 4 nitrogen and oxygen atoms in total. The van der Waals surface area contributed by atoms with Gasteiger partial charge in [-0.15, -0.1) is 0 Å². The van der Waals surface area contributed by atoms with Gasteiger partial charge >= 0.3 is 0 Å². The van der Waals surface area contributed by atoms with E-state index in [1.165, 1.54) is 0 Å². The molecule has 1 fully saturated rings. The molecule has 4 heteroatoms. The Morgan fingerprint density at radius 3 is 2.76 bits per heavy atom. The van der Waals surface area contributed by atoms with E-state index in [4.69, 9.17) is 9.47 Å². The van der Waals surface area contributed by atoms with Crippen molar-refractivity contribution in [3.63, 3.8) is 0 Å². The predicted molar refractivity (Wildman–Crippen MR) is 64.9 cm³/mol. The van der Waals surface area contributed by atoms with Gasteiger partial charge < -0.3 is 14.8 Å². The summed E-state index contributed by atoms with van der Waals surface area (Å²) in [6.07, 6.45) is 0.897. The van der Waals surface area contributed by atoms with E-state index in [-0.39, 0.29) is 11.7 Å². The van der Waals surface area contributed by atoms with Crippen molar-refractivity contribution in [2.75, 3.05) is 27.3 Å². The quantitative estimate of drug-likeness (QED) is 0.803. The number of Topliss-reactive ketones (excluding diaryl/α,β-unsaturated/α-hetero) is 1. The van der Waals surface area contributed by atoms with E-state index in [2.05, 4.69) is 5.32 Å². The standard InChI is InChI=1S/C13H17NO3/c1-16-10-3-4-11(12(7-10)17-2)13(15)9-5-6-14-8-9/h3-4,7,9,14H,5-6,8H2,1-2H3. The number of rotatable bonds is 4. The van der Waals surface area contributed by atoms with Crippen molar-refractivity contribution in [1.82, 2.24) is 5.32 Å². The van der Waals surface area contributed by atoms with Crippen LogP contribution in [0, 0.1) is 5.92 Å². The maximum absolute atomic E-state index is 12.3. The second-order valence-electron chi connectivity index (χ2n) is 4.12. The third kappa shape index (κ3) is 2.42. The minimum Gasteiger partial charge on any atom is -0.497 e. The van der Waals surface area contributed by atoms with Crippen molar-refractivity contribution in [1.29, 1.82) is 0 Å². The van der Waals surface area contributed by atoms with E-state index in [9.17, 15) is 4.79 Å². The van der Waals surface area contributed by atoms with Crippen LogP contribution < -0.4 is 14.8 Å². The van der Waals surface area contributed by atoms with Crippen molar-refractivity contribution >= 4 is 5.78 Å². The van der Waals surface area contributed by atoms with Crippen molar-refractivity contribution in [2.45, 2.75) is 6.42 Å². The fourth-order valence-corrected chi connectivity index (χ4v) is 2.10. The first-order chi connectivity index (χ1) is 8.26. The van der Waals surface area contributed by atoms with Gasteiger partial charge in [-0.3, -0.25) is 4.79 Å². The summed E-state index contributed by atoms with van der Waals surface area (Å²) < 4.78 is 10.4. The van der Waals surface area contributed by atoms with E-state index in [0.717, 1.165) is 19.5 Å². The molecule has 0 spiro atoms. The highest BCUT2D eigenvalue weighted by atomic mass is 16.5. The van der Waals surface area contributed by atoms with Gasteiger partial charge in [-0.1, -0.05) is 0 Å². The van der Waals surface area contributed by atoms with Crippen molar-refractivity contribution in [3.05, 3.63) is 23.8 Å². The number of ketones is 1. The maximum Gasteiger partial charge on any atom is 0.170 e. The van der Waals surface area contributed by atoms with Crippen molar-refractivity contribution in [3.8, 4) is 11.5 Å². The van der Waals surface area contributed by atoms with Crippen molar-refractivity contribution in [2.24, 2.45) is 5.92 Å². The van der Waals surface area contributed by atoms with Gasteiger partial charge in [-0.2, -0.15) is 0 Å². The summed E-state index contributed by atoms with van der Waals surface area (Å²) >= 11 is 0. The summed E-state index contributed by atoms with van der Waals surface area (Å²) in [5.41, 5.74) is 0.641. The molecule has 0 aromatic heterocycles. The number of methoxy groups -OCH3 is 2. The molecule has 17 heavy (non-hydrogen) atoms. The molecule has 1 heterocycles. The first-order valence-electron chi connectivity index (χ1n) is 5.73. The van der Waals surface area contributed by atoms with E-state index >= 15 is 0 Å². The van der Waals surface area contributed by atoms with E-state index in [1.54, 1.807) is 32.4 Å². The van der Waals surface area contributed by atoms with E-state index in [1.807, 2.05) is 0 Å². The second-order valence-corrected chi connectivity index (χ2v) is 4.12. The first kappa shape index (κ1) is 11.9. The van der Waals surface area contributed by atoms with Crippen LogP contribution in [0.5, 0.6) is 11.5 Å². The number of nitrogens with one attached hydrogen (secondary N) is 1. The predicted octanol–water partition coefficient (Wildman–Crippen LogP) is 1.50. The third-order valence-electron chi connectivity index (χ3n) is 3.11. The number of ether oxygens (including phenoxy) is 2. The summed E-state index contributed by atoms with van der Waals surface area (Å²) in [5.74, 6) is 1.50. The molecule has 2 rings (SSSR count). The lowest BCUT2D eigenvalue weighted by atomic mass is 9.96. The van der Waals surface area contributed by atoms with Gasteiger partial charge in [0, 0.05) is 18.5 Å². The Labute approximate surface area is 101 Å². The Hall–Kier alpha value is -1.55. The highest BCUT2D eigenvalue weighted by Gasteiger charge is 2.25. The number of hydrogen-bond donors (Lipinski definition) is 1. The molecule has 0 bridgehead atoms. The van der Waals surface area contributed by atoms with Gasteiger partial charge in [-0.05, 0) is 25.1 Å². The average molecular weight is 235 g/mol. The number of carbonyl (C=O) groups excluding carboxylic acids is 1. The zero-order valence-corrected chi connectivity index (χ0v) is 10.2. The zero-order chi connectivity index (χ0) is 12.3. The molecule has 1 atom stereocenters. The molecule has 0 aliphatic carbocycles. The molecule has 0 saturated carbocycles. The van der Waals surface area contributed by atoms with Crippen LogP contribution in [0.3, 0.4) is 0 Å². The summed E-state index contributed by atoms with van der Waals surface area (Å²) in [6, 6.07) is 5.31. The first-order valence-corrected chi connectivity index (χ1v) is 5.73. The Bertz CT molecular complexity index is 411. The average Bonchev–Trinajstić information content (AvgIpc) is 2.91. The van der Waals surface area contributed by atoms with E-state index in [0.29, 0.717) is 17.1 Å². The fraction of sp³-hybridized carbons (Fsp3) is 0.462. The van der Waals surface area contributed by atoms with Gasteiger partial charge in [0.2, 0.25) is 0 Å². The van der Waals surface area contributed by atoms with Crippen molar-refractivity contribution < 1.29 is 14.3 Å². The molecular weight excluding hydrogens is 218 g/mol. The van der Waals surface area contributed by atoms with Crippen LogP contribution in [0.25, 0.3) is 0 Å². The Morgan fingerprint density at radius 2 is 2.18 bits per heavy atom. The zero-order valence-electron chi connectivity index (χ0n) is 10.2. The molecule has 1 aromatic rings. The summed E-state index contributed by atoms with van der Waals surface area (Å²) in [7, 11) is 3.16. The van der Waals surface area contributed by atoms with Crippen LogP contribution >= 0.6 is 0 Å². The molecule has 0 radical (unpaired) electrons. The van der Waals surface area contributed by atoms with Gasteiger partial charge in [0.25, 0.3) is 0 Å². The second kappa shape index (κ2) is 5.19. The van der Waals surface area contributed by atoms with Gasteiger partial charge in [0.15, 0.2) is 5.78 Å². The van der Waals surface area contributed by atoms with Crippen LogP contribution in [0.15, 0.2) is 18.2 Å². The SMILES string of the molecule is COc1ccc(C(=O)C2CCNC2)c(OC)c1. The molecule has 1 saturated heterocycles. The van der Waals surface area contributed by atoms with Gasteiger partial charge in [0.1, 0.15) is 11.5 Å². The molecule has 0 amide bonds. The van der Waals surface area contributed by atoms with Crippen LogP contribution in [0.4, 0.5) is 0 Å². The molecule has 1 N–H and O–H groups in total. The lowest BCUT2D eigenvalue weighted by Gasteiger charge is -2.12. The van der Waals surface area contributed by atoms with E-state index < -0.39 is 0 Å². The molecule has 1 unspecified atom stereocenters. The number of hydrogen-bond acceptors (Lipinski definition) is 4. The molecule has 1 aliphatic heterocycles. The smallest absolute Gasteiger partial charge is 0.170 e. The Kier molecular flexibility index (Phi) is 3.64. The van der Waals surface area contributed by atoms with Gasteiger partial charge in [0.05, 0.1) is 19.8 Å². The van der Waals surface area contributed by atoms with Crippen LogP contribution in [-0.2, 0) is 0 Å². The third-order valence-corrected chi connectivity index (χ3v) is 3.11. The summed E-state index contributed by atoms with van der Waals surface area (Å²) in [5, 5.41) is 3.20. The van der Waals surface area contributed by atoms with Crippen LogP contribution in [-0.4, -0.2) is 33.1 Å². The monoisotopic (exact) mass is 235 g/mol. The van der Waals surface area contributed by atoms with Crippen LogP contribution in [0.1, 0.15) is 16.8 Å². The minimum atomic E-state index is 0.0669. The number of carbonyl (C=O) groups is 1. The topological polar surface area (TPSA) is 47.6 Å². The highest BCUT2D eigenvalue weighted by molar-refractivity contribution is 6.00. The Morgan fingerprint density at radius 1 is 1.35 bits per heavy atom. The molecule has 1 aliphatic rings. The molecule has 92 valence electrons. The highest BCUT2D eigenvalue weighted by Crippen LogP contribution is 2.28. The lowest BCUT2D eigenvalue weighted by Crippen LogP contribution is -2.18. The maximum atomic E-state index is 12.3. The molecular formula is C13H17NO3. The normalized spacial score (nSPS) is 19.1. The minimum absolute atomic E-state index is 0.0669. The fourth-order valence-electron chi connectivity index (χ4n) is 2.10. The van der Waals surface area contributed by atoms with Crippen LogP contribution in [0.2, 0.25) is 0 Å². The lowest BCUT2D eigenvalue weighted by molar-refractivity contribution is 0.0927. The summed E-state index contributed by atoms with van der Waals surface area (Å²) in [4.78, 5) is 12.3. The largest absolute Gasteiger partial charge is 0.497 e.